The minimum atomic E-state index is -3.28. The molecular formula is C18H22ClN3O3S2. The van der Waals surface area contributed by atoms with Gasteiger partial charge in [-0.15, -0.1) is 11.8 Å². The van der Waals surface area contributed by atoms with Crippen molar-refractivity contribution in [1.29, 1.82) is 0 Å². The van der Waals surface area contributed by atoms with Gasteiger partial charge in [0.2, 0.25) is 10.0 Å². The van der Waals surface area contributed by atoms with Gasteiger partial charge in [0.05, 0.1) is 5.75 Å². The van der Waals surface area contributed by atoms with E-state index in [1.54, 1.807) is 36.0 Å². The highest BCUT2D eigenvalue weighted by molar-refractivity contribution is 7.99. The lowest BCUT2D eigenvalue weighted by molar-refractivity contribution is 0.241. The molecule has 0 atom stereocenters. The van der Waals surface area contributed by atoms with Crippen molar-refractivity contribution < 1.29 is 13.2 Å². The van der Waals surface area contributed by atoms with Gasteiger partial charge in [-0.05, 0) is 42.4 Å². The van der Waals surface area contributed by atoms with Gasteiger partial charge in [0.25, 0.3) is 0 Å². The summed E-state index contributed by atoms with van der Waals surface area (Å²) in [7, 11) is -1.90. The first-order valence-electron chi connectivity index (χ1n) is 8.27. The minimum Gasteiger partial charge on any atom is -0.337 e. The van der Waals surface area contributed by atoms with E-state index in [1.165, 1.54) is 7.05 Å². The number of carbonyl (C=O) groups excluding carboxylic acids is 1. The number of sulfonamides is 1. The number of thioether (sulfide) groups is 1. The second kappa shape index (κ2) is 10.6. The topological polar surface area (TPSA) is 87.3 Å². The summed E-state index contributed by atoms with van der Waals surface area (Å²) in [5.41, 5.74) is 1.59. The highest BCUT2D eigenvalue weighted by Gasteiger charge is 2.08. The molecule has 146 valence electrons. The molecule has 0 saturated heterocycles. The molecule has 2 aromatic rings. The van der Waals surface area contributed by atoms with Crippen LogP contribution in [0.3, 0.4) is 0 Å². The van der Waals surface area contributed by atoms with Gasteiger partial charge >= 0.3 is 6.03 Å². The maximum absolute atomic E-state index is 11.8. The molecule has 0 saturated carbocycles. The molecule has 3 N–H and O–H groups in total. The number of hydrogen-bond acceptors (Lipinski definition) is 4. The van der Waals surface area contributed by atoms with Crippen LogP contribution in [-0.4, -0.2) is 33.8 Å². The molecule has 0 heterocycles. The number of carbonyl (C=O) groups is 1. The first-order chi connectivity index (χ1) is 12.9. The Labute approximate surface area is 169 Å². The zero-order chi connectivity index (χ0) is 19.7. The molecule has 0 unspecified atom stereocenters. The van der Waals surface area contributed by atoms with Gasteiger partial charge < -0.3 is 10.6 Å². The van der Waals surface area contributed by atoms with Gasteiger partial charge in [0.1, 0.15) is 0 Å². The number of urea groups is 1. The maximum Gasteiger partial charge on any atom is 0.315 e. The van der Waals surface area contributed by atoms with Crippen LogP contribution >= 0.6 is 23.4 Å². The Morgan fingerprint density at radius 3 is 2.26 bits per heavy atom. The van der Waals surface area contributed by atoms with Crippen LogP contribution in [0.4, 0.5) is 4.79 Å². The average molecular weight is 428 g/mol. The van der Waals surface area contributed by atoms with Crippen LogP contribution in [0.25, 0.3) is 0 Å². The third-order valence-electron chi connectivity index (χ3n) is 3.61. The number of nitrogens with one attached hydrogen (secondary N) is 3. The summed E-state index contributed by atoms with van der Waals surface area (Å²) in [6, 6.07) is 14.4. The van der Waals surface area contributed by atoms with E-state index in [2.05, 4.69) is 15.4 Å². The highest BCUT2D eigenvalue weighted by atomic mass is 35.5. The van der Waals surface area contributed by atoms with Crippen molar-refractivity contribution in [1.82, 2.24) is 15.4 Å². The summed E-state index contributed by atoms with van der Waals surface area (Å²) in [5.74, 6) is 0.687. The number of hydrogen-bond donors (Lipinski definition) is 3. The van der Waals surface area contributed by atoms with E-state index in [4.69, 9.17) is 11.6 Å². The Bertz CT molecular complexity index is 841. The molecule has 0 bridgehead atoms. The molecule has 0 spiro atoms. The molecule has 0 fully saturated rings. The van der Waals surface area contributed by atoms with Crippen molar-refractivity contribution in [3.63, 3.8) is 0 Å². The van der Waals surface area contributed by atoms with E-state index in [0.29, 0.717) is 23.7 Å². The number of benzene rings is 2. The van der Waals surface area contributed by atoms with Gasteiger partial charge in [-0.3, -0.25) is 0 Å². The quantitative estimate of drug-likeness (QED) is 0.424. The molecule has 27 heavy (non-hydrogen) atoms. The number of rotatable bonds is 9. The van der Waals surface area contributed by atoms with Crippen molar-refractivity contribution in [2.24, 2.45) is 0 Å². The molecule has 0 aliphatic rings. The summed E-state index contributed by atoms with van der Waals surface area (Å²) in [6.45, 7) is 0.912. The summed E-state index contributed by atoms with van der Waals surface area (Å²) < 4.78 is 25.3. The van der Waals surface area contributed by atoms with Crippen molar-refractivity contribution in [3.05, 3.63) is 64.7 Å². The zero-order valence-electron chi connectivity index (χ0n) is 14.9. The van der Waals surface area contributed by atoms with E-state index in [-0.39, 0.29) is 11.8 Å². The van der Waals surface area contributed by atoms with E-state index in [0.717, 1.165) is 16.2 Å². The Balaban J connectivity index is 1.67. The Morgan fingerprint density at radius 2 is 1.63 bits per heavy atom. The van der Waals surface area contributed by atoms with E-state index in [1.807, 2.05) is 24.3 Å². The summed E-state index contributed by atoms with van der Waals surface area (Å²) in [4.78, 5) is 12.9. The summed E-state index contributed by atoms with van der Waals surface area (Å²) >= 11 is 7.48. The third kappa shape index (κ3) is 8.21. The van der Waals surface area contributed by atoms with Crippen molar-refractivity contribution in [2.45, 2.75) is 17.2 Å². The Kier molecular flexibility index (Phi) is 8.43. The van der Waals surface area contributed by atoms with Gasteiger partial charge in [-0.25, -0.2) is 17.9 Å². The van der Waals surface area contributed by atoms with Crippen LogP contribution < -0.4 is 15.4 Å². The monoisotopic (exact) mass is 427 g/mol. The van der Waals surface area contributed by atoms with E-state index < -0.39 is 10.0 Å². The predicted octanol–water partition coefficient (Wildman–Crippen LogP) is 2.98. The standard InChI is InChI=1S/C18H22ClN3O3S2/c1-20-27(24,25)13-15-4-2-14(3-5-15)12-22-18(23)21-10-11-26-17-8-6-16(19)7-9-17/h2-9,20H,10-13H2,1H3,(H2,21,22,23). The molecule has 9 heteroatoms. The smallest absolute Gasteiger partial charge is 0.315 e. The molecule has 6 nitrogen and oxygen atoms in total. The lowest BCUT2D eigenvalue weighted by atomic mass is 10.1. The molecule has 2 rings (SSSR count). The van der Waals surface area contributed by atoms with Crippen LogP contribution in [-0.2, 0) is 22.3 Å². The average Bonchev–Trinajstić information content (AvgIpc) is 2.66. The fourth-order valence-corrected chi connectivity index (χ4v) is 3.82. The first kappa shape index (κ1) is 21.6. The van der Waals surface area contributed by atoms with Gasteiger partial charge in [0.15, 0.2) is 0 Å². The summed E-state index contributed by atoms with van der Waals surface area (Å²) in [5, 5.41) is 6.28. The maximum atomic E-state index is 11.8. The fourth-order valence-electron chi connectivity index (χ4n) is 2.15. The molecule has 0 aromatic heterocycles. The molecule has 0 aliphatic heterocycles. The second-order valence-electron chi connectivity index (χ2n) is 5.69. The van der Waals surface area contributed by atoms with Gasteiger partial charge in [-0.2, -0.15) is 0 Å². The van der Waals surface area contributed by atoms with Crippen LogP contribution in [0.1, 0.15) is 11.1 Å². The molecule has 0 radical (unpaired) electrons. The second-order valence-corrected chi connectivity index (χ2v) is 9.22. The van der Waals surface area contributed by atoms with Crippen LogP contribution in [0.2, 0.25) is 5.02 Å². The van der Waals surface area contributed by atoms with Crippen molar-refractivity contribution in [2.75, 3.05) is 19.3 Å². The lowest BCUT2D eigenvalue weighted by Gasteiger charge is -2.09. The summed E-state index contributed by atoms with van der Waals surface area (Å²) in [6.07, 6.45) is 0. The third-order valence-corrected chi connectivity index (χ3v) is 6.21. The van der Waals surface area contributed by atoms with Gasteiger partial charge in [-0.1, -0.05) is 35.9 Å². The van der Waals surface area contributed by atoms with E-state index >= 15 is 0 Å². The molecule has 2 amide bonds. The zero-order valence-corrected chi connectivity index (χ0v) is 17.3. The van der Waals surface area contributed by atoms with Crippen molar-refractivity contribution in [3.8, 4) is 0 Å². The van der Waals surface area contributed by atoms with Crippen LogP contribution in [0, 0.1) is 0 Å². The number of amides is 2. The first-order valence-corrected chi connectivity index (χ1v) is 11.3. The molecular weight excluding hydrogens is 406 g/mol. The molecule has 0 aliphatic carbocycles. The normalized spacial score (nSPS) is 11.2. The highest BCUT2D eigenvalue weighted by Crippen LogP contribution is 2.19. The van der Waals surface area contributed by atoms with Crippen LogP contribution in [0.5, 0.6) is 0 Å². The van der Waals surface area contributed by atoms with Gasteiger partial charge in [0, 0.05) is 28.8 Å². The Morgan fingerprint density at radius 1 is 1.00 bits per heavy atom. The predicted molar refractivity (Wildman–Crippen MR) is 111 cm³/mol. The SMILES string of the molecule is CNS(=O)(=O)Cc1ccc(CNC(=O)NCCSc2ccc(Cl)cc2)cc1. The molecule has 2 aromatic carbocycles. The minimum absolute atomic E-state index is 0.0665. The largest absolute Gasteiger partial charge is 0.337 e. The number of halogens is 1. The van der Waals surface area contributed by atoms with Crippen molar-refractivity contribution >= 4 is 39.4 Å². The fraction of sp³-hybridized carbons (Fsp3) is 0.278. The van der Waals surface area contributed by atoms with E-state index in [9.17, 15) is 13.2 Å². The lowest BCUT2D eigenvalue weighted by Crippen LogP contribution is -2.36. The van der Waals surface area contributed by atoms with Crippen LogP contribution in [0.15, 0.2) is 53.4 Å². The Hall–Kier alpha value is -1.74.